The van der Waals surface area contributed by atoms with Crippen molar-refractivity contribution in [2.45, 2.75) is 44.6 Å². The first-order valence-corrected chi connectivity index (χ1v) is 9.54. The Morgan fingerprint density at radius 2 is 2.22 bits per heavy atom. The summed E-state index contributed by atoms with van der Waals surface area (Å²) in [7, 11) is 0. The third kappa shape index (κ3) is 4.09. The second kappa shape index (κ2) is 6.97. The lowest BCUT2D eigenvalue weighted by atomic mass is 10.1. The lowest BCUT2D eigenvalue weighted by Gasteiger charge is -2.13. The first kappa shape index (κ1) is 16.4. The number of nitrogens with zero attached hydrogens (tertiary/aromatic N) is 4. The third-order valence-corrected chi connectivity index (χ3v) is 5.69. The van der Waals surface area contributed by atoms with E-state index in [0.29, 0.717) is 24.8 Å². The van der Waals surface area contributed by atoms with E-state index in [4.69, 9.17) is 0 Å². The summed E-state index contributed by atoms with van der Waals surface area (Å²) in [5, 5.41) is 2.00. The smallest absolute Gasteiger partial charge is 0.233 e. The summed E-state index contributed by atoms with van der Waals surface area (Å²) in [5.41, 5.74) is 3.08. The van der Waals surface area contributed by atoms with Gasteiger partial charge in [-0.15, -0.1) is 11.3 Å². The van der Waals surface area contributed by atoms with Gasteiger partial charge < -0.3 is 4.90 Å². The number of aromatic nitrogens is 3. The molecule has 5 nitrogen and oxygen atoms in total. The van der Waals surface area contributed by atoms with Crippen LogP contribution in [0.5, 0.6) is 0 Å². The Hall–Kier alpha value is -1.47. The van der Waals surface area contributed by atoms with Crippen LogP contribution in [0.25, 0.3) is 0 Å². The van der Waals surface area contributed by atoms with Crippen molar-refractivity contribution in [3.8, 4) is 0 Å². The Morgan fingerprint density at radius 1 is 1.39 bits per heavy atom. The van der Waals surface area contributed by atoms with E-state index in [1.807, 2.05) is 23.4 Å². The molecule has 0 saturated heterocycles. The summed E-state index contributed by atoms with van der Waals surface area (Å²) in [6.07, 6.45) is 2.76. The van der Waals surface area contributed by atoms with Crippen LogP contribution < -0.4 is 0 Å². The normalized spacial score (nSPS) is 13.7. The maximum atomic E-state index is 12.4. The van der Waals surface area contributed by atoms with Gasteiger partial charge >= 0.3 is 0 Å². The quantitative estimate of drug-likeness (QED) is 0.777. The van der Waals surface area contributed by atoms with Gasteiger partial charge in [0.15, 0.2) is 4.34 Å². The molecule has 122 valence electrons. The number of fused-ring (bicyclic) bond motifs is 1. The molecule has 7 heteroatoms. The molecule has 23 heavy (non-hydrogen) atoms. The SMILES string of the molecule is Cc1csc(SCC(=O)N2Cc3cnc(CC(C)C)nc3C2)n1. The highest BCUT2D eigenvalue weighted by Crippen LogP contribution is 2.25. The third-order valence-electron chi connectivity index (χ3n) is 3.57. The average Bonchev–Trinajstić information content (AvgIpc) is 3.09. The zero-order valence-electron chi connectivity index (χ0n) is 13.6. The molecule has 3 rings (SSSR count). The van der Waals surface area contributed by atoms with Crippen molar-refractivity contribution in [2.75, 3.05) is 5.75 Å². The number of carbonyl (C=O) groups is 1. The van der Waals surface area contributed by atoms with Gasteiger partial charge in [-0.1, -0.05) is 25.6 Å². The molecule has 3 heterocycles. The molecule has 1 aliphatic rings. The molecule has 0 aromatic carbocycles. The maximum absolute atomic E-state index is 12.4. The molecule has 1 amide bonds. The lowest BCUT2D eigenvalue weighted by molar-refractivity contribution is -0.128. The van der Waals surface area contributed by atoms with Crippen molar-refractivity contribution in [2.24, 2.45) is 5.92 Å². The molecule has 0 atom stereocenters. The Morgan fingerprint density at radius 3 is 2.91 bits per heavy atom. The van der Waals surface area contributed by atoms with Crippen molar-refractivity contribution >= 4 is 29.0 Å². The van der Waals surface area contributed by atoms with Crippen LogP contribution in [0.4, 0.5) is 0 Å². The van der Waals surface area contributed by atoms with Crippen molar-refractivity contribution in [3.63, 3.8) is 0 Å². The zero-order chi connectivity index (χ0) is 16.4. The molecular formula is C16H20N4OS2. The summed E-state index contributed by atoms with van der Waals surface area (Å²) in [6.45, 7) is 7.49. The van der Waals surface area contributed by atoms with Crippen LogP contribution >= 0.6 is 23.1 Å². The standard InChI is InChI=1S/C16H20N4OS2/c1-10(2)4-14-17-5-12-6-20(7-13(12)19-14)15(21)9-23-16-18-11(3)8-22-16/h5,8,10H,4,6-7,9H2,1-3H3. The minimum atomic E-state index is 0.131. The fourth-order valence-electron chi connectivity index (χ4n) is 2.45. The highest BCUT2D eigenvalue weighted by Gasteiger charge is 2.25. The maximum Gasteiger partial charge on any atom is 0.233 e. The van der Waals surface area contributed by atoms with Crippen LogP contribution in [0.3, 0.4) is 0 Å². The minimum absolute atomic E-state index is 0.131. The molecule has 0 spiro atoms. The van der Waals surface area contributed by atoms with E-state index in [1.54, 1.807) is 11.3 Å². The minimum Gasteiger partial charge on any atom is -0.332 e. The summed E-state index contributed by atoms with van der Waals surface area (Å²) in [4.78, 5) is 27.7. The van der Waals surface area contributed by atoms with Gasteiger partial charge in [-0.2, -0.15) is 0 Å². The van der Waals surface area contributed by atoms with Crippen LogP contribution in [-0.2, 0) is 24.3 Å². The monoisotopic (exact) mass is 348 g/mol. The summed E-state index contributed by atoms with van der Waals surface area (Å²) in [6, 6.07) is 0. The van der Waals surface area contributed by atoms with Gasteiger partial charge in [0.2, 0.25) is 5.91 Å². The van der Waals surface area contributed by atoms with Crippen LogP contribution in [-0.4, -0.2) is 31.5 Å². The number of carbonyl (C=O) groups excluding carboxylic acids is 1. The first-order chi connectivity index (χ1) is 11.0. The van der Waals surface area contributed by atoms with Crippen LogP contribution in [0, 0.1) is 12.8 Å². The predicted octanol–water partition coefficient (Wildman–Crippen LogP) is 3.07. The highest BCUT2D eigenvalue weighted by atomic mass is 32.2. The van der Waals surface area contributed by atoms with E-state index >= 15 is 0 Å². The molecule has 2 aromatic rings. The van der Waals surface area contributed by atoms with Crippen LogP contribution in [0.2, 0.25) is 0 Å². The number of hydrogen-bond donors (Lipinski definition) is 0. The number of thioether (sulfide) groups is 1. The van der Waals surface area contributed by atoms with Gasteiger partial charge in [0.25, 0.3) is 0 Å². The average molecular weight is 348 g/mol. The van der Waals surface area contributed by atoms with Gasteiger partial charge in [0.1, 0.15) is 5.82 Å². The summed E-state index contributed by atoms with van der Waals surface area (Å²) >= 11 is 3.09. The fraction of sp³-hybridized carbons (Fsp3) is 0.500. The topological polar surface area (TPSA) is 59.0 Å². The van der Waals surface area contributed by atoms with E-state index in [9.17, 15) is 4.79 Å². The van der Waals surface area contributed by atoms with E-state index in [2.05, 4.69) is 28.8 Å². The highest BCUT2D eigenvalue weighted by molar-refractivity contribution is 8.01. The van der Waals surface area contributed by atoms with Crippen LogP contribution in [0.1, 0.15) is 36.6 Å². The zero-order valence-corrected chi connectivity index (χ0v) is 15.2. The number of hydrogen-bond acceptors (Lipinski definition) is 6. The number of amides is 1. The lowest BCUT2D eigenvalue weighted by Crippen LogP contribution is -2.27. The van der Waals surface area contributed by atoms with E-state index < -0.39 is 0 Å². The van der Waals surface area contributed by atoms with Crippen molar-refractivity contribution < 1.29 is 4.79 Å². The Balaban J connectivity index is 1.59. The molecule has 0 bridgehead atoms. The molecule has 0 fully saturated rings. The molecule has 0 aliphatic carbocycles. The Bertz CT molecular complexity index is 714. The van der Waals surface area contributed by atoms with Crippen molar-refractivity contribution in [3.05, 3.63) is 34.4 Å². The van der Waals surface area contributed by atoms with Gasteiger partial charge in [-0.3, -0.25) is 4.79 Å². The number of thiazole rings is 1. The van der Waals surface area contributed by atoms with Gasteiger partial charge in [0.05, 0.1) is 18.0 Å². The molecule has 0 unspecified atom stereocenters. The summed E-state index contributed by atoms with van der Waals surface area (Å²) in [5.74, 6) is 1.96. The molecular weight excluding hydrogens is 328 g/mol. The van der Waals surface area contributed by atoms with Gasteiger partial charge in [0, 0.05) is 35.8 Å². The van der Waals surface area contributed by atoms with E-state index in [0.717, 1.165) is 33.5 Å². The molecule has 0 N–H and O–H groups in total. The summed E-state index contributed by atoms with van der Waals surface area (Å²) < 4.78 is 0.951. The predicted molar refractivity (Wildman–Crippen MR) is 92.4 cm³/mol. The van der Waals surface area contributed by atoms with E-state index in [1.165, 1.54) is 11.8 Å². The van der Waals surface area contributed by atoms with Crippen molar-refractivity contribution in [1.29, 1.82) is 0 Å². The largest absolute Gasteiger partial charge is 0.332 e. The number of aryl methyl sites for hydroxylation is 1. The molecule has 2 aromatic heterocycles. The number of rotatable bonds is 5. The Labute approximate surface area is 144 Å². The fourth-order valence-corrected chi connectivity index (χ4v) is 4.20. The second-order valence-corrected chi connectivity index (χ2v) is 8.23. The first-order valence-electron chi connectivity index (χ1n) is 7.67. The second-order valence-electron chi connectivity index (χ2n) is 6.15. The van der Waals surface area contributed by atoms with Crippen LogP contribution in [0.15, 0.2) is 15.9 Å². The molecule has 0 saturated carbocycles. The molecule has 0 radical (unpaired) electrons. The Kier molecular flexibility index (Phi) is 4.96. The van der Waals surface area contributed by atoms with Crippen molar-refractivity contribution in [1.82, 2.24) is 19.9 Å². The molecule has 1 aliphatic heterocycles. The van der Waals surface area contributed by atoms with Gasteiger partial charge in [-0.25, -0.2) is 15.0 Å². The van der Waals surface area contributed by atoms with E-state index in [-0.39, 0.29) is 5.91 Å². The van der Waals surface area contributed by atoms with Gasteiger partial charge in [-0.05, 0) is 12.8 Å².